The maximum absolute atomic E-state index is 13.2. The molecule has 1 fully saturated rings. The van der Waals surface area contributed by atoms with Crippen molar-refractivity contribution in [2.45, 2.75) is 38.5 Å². The van der Waals surface area contributed by atoms with Crippen molar-refractivity contribution in [2.75, 3.05) is 6.54 Å². The number of fused-ring (bicyclic) bond motifs is 1. The van der Waals surface area contributed by atoms with E-state index in [9.17, 15) is 14.0 Å². The Hall–Kier alpha value is -4.04. The van der Waals surface area contributed by atoms with E-state index in [-0.39, 0.29) is 36.2 Å². The van der Waals surface area contributed by atoms with Gasteiger partial charge < -0.3 is 15.0 Å². The monoisotopic (exact) mass is 541 g/mol. The van der Waals surface area contributed by atoms with Crippen LogP contribution in [0.3, 0.4) is 0 Å². The van der Waals surface area contributed by atoms with Crippen LogP contribution in [0.25, 0.3) is 0 Å². The number of thiazole rings is 1. The van der Waals surface area contributed by atoms with E-state index in [1.54, 1.807) is 17.5 Å². The van der Waals surface area contributed by atoms with Gasteiger partial charge in [-0.25, -0.2) is 9.37 Å². The molecule has 3 aromatic carbocycles. The van der Waals surface area contributed by atoms with Gasteiger partial charge in [0.1, 0.15) is 28.9 Å². The number of benzene rings is 3. The third-order valence-corrected chi connectivity index (χ3v) is 8.01. The van der Waals surface area contributed by atoms with E-state index in [4.69, 9.17) is 4.74 Å². The van der Waals surface area contributed by atoms with Gasteiger partial charge in [0.25, 0.3) is 5.91 Å². The van der Waals surface area contributed by atoms with Gasteiger partial charge in [-0.15, -0.1) is 11.3 Å². The lowest BCUT2D eigenvalue weighted by molar-refractivity contribution is -0.134. The molecule has 1 aliphatic heterocycles. The lowest BCUT2D eigenvalue weighted by Crippen LogP contribution is -2.41. The molecule has 4 aromatic rings. The molecular formula is C31H28FN3O3S. The molecule has 6 rings (SSSR count). The number of nitrogens with one attached hydrogen (secondary N) is 1. The van der Waals surface area contributed by atoms with Crippen LogP contribution in [0.15, 0.2) is 78.2 Å². The molecule has 39 heavy (non-hydrogen) atoms. The van der Waals surface area contributed by atoms with Crippen LogP contribution >= 0.6 is 11.3 Å². The minimum atomic E-state index is -0.312. The second-order valence-corrected chi connectivity index (χ2v) is 10.9. The van der Waals surface area contributed by atoms with Gasteiger partial charge in [0.2, 0.25) is 5.91 Å². The summed E-state index contributed by atoms with van der Waals surface area (Å²) >= 11 is 1.36. The van der Waals surface area contributed by atoms with Gasteiger partial charge in [0.05, 0.1) is 6.04 Å². The number of carbonyl (C=O) groups excluding carboxylic acids is 2. The molecule has 0 bridgehead atoms. The Kier molecular flexibility index (Phi) is 7.11. The fraction of sp³-hybridized carbons (Fsp3) is 0.258. The first-order valence-electron chi connectivity index (χ1n) is 13.1. The van der Waals surface area contributed by atoms with Crippen molar-refractivity contribution >= 4 is 23.2 Å². The lowest BCUT2D eigenvalue weighted by Gasteiger charge is -2.38. The largest absolute Gasteiger partial charge is 0.486 e. The average Bonchev–Trinajstić information content (AvgIpc) is 3.72. The molecule has 2 amide bonds. The minimum Gasteiger partial charge on any atom is -0.486 e. The number of aromatic nitrogens is 1. The molecule has 1 saturated carbocycles. The summed E-state index contributed by atoms with van der Waals surface area (Å²) in [5.41, 5.74) is 4.55. The van der Waals surface area contributed by atoms with Crippen molar-refractivity contribution in [1.29, 1.82) is 0 Å². The Labute approximate surface area is 230 Å². The molecule has 6 nitrogen and oxygen atoms in total. The van der Waals surface area contributed by atoms with Crippen LogP contribution in [0, 0.1) is 11.7 Å². The van der Waals surface area contributed by atoms with Crippen LogP contribution in [-0.4, -0.2) is 28.2 Å². The van der Waals surface area contributed by atoms with Crippen molar-refractivity contribution in [2.24, 2.45) is 5.92 Å². The van der Waals surface area contributed by atoms with Gasteiger partial charge in [-0.2, -0.15) is 0 Å². The number of rotatable bonds is 8. The van der Waals surface area contributed by atoms with Crippen molar-refractivity contribution in [3.8, 4) is 5.75 Å². The van der Waals surface area contributed by atoms with E-state index in [0.717, 1.165) is 36.0 Å². The summed E-state index contributed by atoms with van der Waals surface area (Å²) in [6.07, 6.45) is 2.78. The average molecular weight is 542 g/mol. The fourth-order valence-corrected chi connectivity index (χ4v) is 5.67. The van der Waals surface area contributed by atoms with Gasteiger partial charge in [-0.3, -0.25) is 9.59 Å². The van der Waals surface area contributed by atoms with Crippen LogP contribution in [0.1, 0.15) is 56.6 Å². The zero-order valence-electron chi connectivity index (χ0n) is 21.3. The summed E-state index contributed by atoms with van der Waals surface area (Å²) in [6, 6.07) is 22.2. The number of nitrogens with zero attached hydrogens (tertiary/aromatic N) is 2. The predicted octanol–water partition coefficient (Wildman–Crippen LogP) is 5.68. The van der Waals surface area contributed by atoms with Crippen molar-refractivity contribution in [1.82, 2.24) is 15.2 Å². The standard InChI is InChI=1S/C31H28FN3O3S/c32-24-11-6-20(7-12-24)17-33-30(36)27-19-39-28(34-27)18-38-25-13-10-21-14-15-35(31(37)23-8-9-23)29(26(21)16-25)22-4-2-1-3-5-22/h1-7,10-13,16,19,23,29H,8-9,14-15,17-18H2,(H,33,36)/t29-/m1/s1. The molecule has 1 aromatic heterocycles. The summed E-state index contributed by atoms with van der Waals surface area (Å²) in [5, 5.41) is 5.20. The van der Waals surface area contributed by atoms with E-state index < -0.39 is 0 Å². The summed E-state index contributed by atoms with van der Waals surface area (Å²) < 4.78 is 19.2. The van der Waals surface area contributed by atoms with Gasteiger partial charge in [0, 0.05) is 24.4 Å². The number of carbonyl (C=O) groups is 2. The van der Waals surface area contributed by atoms with Crippen LogP contribution in [0.2, 0.25) is 0 Å². The van der Waals surface area contributed by atoms with E-state index in [2.05, 4.69) is 28.5 Å². The van der Waals surface area contributed by atoms with E-state index in [1.807, 2.05) is 35.2 Å². The Morgan fingerprint density at radius 1 is 1.05 bits per heavy atom. The number of halogens is 1. The maximum atomic E-state index is 13.2. The smallest absolute Gasteiger partial charge is 0.271 e. The highest BCUT2D eigenvalue weighted by molar-refractivity contribution is 7.09. The zero-order chi connectivity index (χ0) is 26.8. The Morgan fingerprint density at radius 2 is 1.85 bits per heavy atom. The fourth-order valence-electron chi connectivity index (χ4n) is 4.98. The van der Waals surface area contributed by atoms with Gasteiger partial charge >= 0.3 is 0 Å². The Bertz CT molecular complexity index is 1480. The maximum Gasteiger partial charge on any atom is 0.271 e. The van der Waals surface area contributed by atoms with Gasteiger partial charge in [-0.1, -0.05) is 48.5 Å². The topological polar surface area (TPSA) is 71.5 Å². The van der Waals surface area contributed by atoms with Crippen molar-refractivity contribution in [3.63, 3.8) is 0 Å². The molecule has 2 heterocycles. The Morgan fingerprint density at radius 3 is 2.62 bits per heavy atom. The third-order valence-electron chi connectivity index (χ3n) is 7.18. The van der Waals surface area contributed by atoms with Crippen molar-refractivity contribution in [3.05, 3.63) is 117 Å². The Balaban J connectivity index is 1.14. The summed E-state index contributed by atoms with van der Waals surface area (Å²) in [5.74, 6) is 0.500. The molecule has 0 saturated heterocycles. The molecule has 2 aliphatic rings. The van der Waals surface area contributed by atoms with Gasteiger partial charge in [0.15, 0.2) is 0 Å². The van der Waals surface area contributed by atoms with E-state index in [1.165, 1.54) is 29.0 Å². The first kappa shape index (κ1) is 25.2. The SMILES string of the molecule is O=C(NCc1ccc(F)cc1)c1csc(COc2ccc3c(c2)[C@@H](c2ccccc2)N(C(=O)C2CC2)CC3)n1. The molecule has 1 atom stereocenters. The van der Waals surface area contributed by atoms with Crippen LogP contribution in [-0.2, 0) is 24.4 Å². The number of ether oxygens (including phenoxy) is 1. The van der Waals surface area contributed by atoms with Crippen molar-refractivity contribution < 1.29 is 18.7 Å². The number of hydrogen-bond donors (Lipinski definition) is 1. The molecule has 0 spiro atoms. The van der Waals surface area contributed by atoms with E-state index >= 15 is 0 Å². The molecule has 1 aliphatic carbocycles. The normalized spacial score (nSPS) is 16.4. The summed E-state index contributed by atoms with van der Waals surface area (Å²) in [6.45, 7) is 1.24. The predicted molar refractivity (Wildman–Crippen MR) is 147 cm³/mol. The third kappa shape index (κ3) is 5.71. The highest BCUT2D eigenvalue weighted by Crippen LogP contribution is 2.41. The highest BCUT2D eigenvalue weighted by atomic mass is 32.1. The molecule has 0 unspecified atom stereocenters. The van der Waals surface area contributed by atoms with Crippen LogP contribution < -0.4 is 10.1 Å². The van der Waals surface area contributed by atoms with Gasteiger partial charge in [-0.05, 0) is 65.8 Å². The summed E-state index contributed by atoms with van der Waals surface area (Å²) in [4.78, 5) is 32.2. The summed E-state index contributed by atoms with van der Waals surface area (Å²) in [7, 11) is 0. The number of amides is 2. The molecule has 198 valence electrons. The quantitative estimate of drug-likeness (QED) is 0.312. The number of hydrogen-bond acceptors (Lipinski definition) is 5. The molecule has 8 heteroatoms. The molecular weight excluding hydrogens is 513 g/mol. The lowest BCUT2D eigenvalue weighted by atomic mass is 9.87. The second-order valence-electron chi connectivity index (χ2n) is 9.95. The highest BCUT2D eigenvalue weighted by Gasteiger charge is 2.39. The molecule has 0 radical (unpaired) electrons. The second kappa shape index (κ2) is 11.0. The molecule has 1 N–H and O–H groups in total. The minimum absolute atomic E-state index is 0.136. The van der Waals surface area contributed by atoms with E-state index in [0.29, 0.717) is 29.5 Å². The van der Waals surface area contributed by atoms with Crippen LogP contribution in [0.5, 0.6) is 5.75 Å². The zero-order valence-corrected chi connectivity index (χ0v) is 22.1. The first-order chi connectivity index (χ1) is 19.0. The van der Waals surface area contributed by atoms with Crippen LogP contribution in [0.4, 0.5) is 4.39 Å². The first-order valence-corrected chi connectivity index (χ1v) is 14.0.